The van der Waals surface area contributed by atoms with Gasteiger partial charge in [0.2, 0.25) is 5.91 Å². The quantitative estimate of drug-likeness (QED) is 0.763. The molecule has 0 saturated carbocycles. The Morgan fingerprint density at radius 3 is 2.38 bits per heavy atom. The van der Waals surface area contributed by atoms with Gasteiger partial charge in [-0.25, -0.2) is 0 Å². The van der Waals surface area contributed by atoms with Gasteiger partial charge in [-0.15, -0.1) is 0 Å². The van der Waals surface area contributed by atoms with Crippen molar-refractivity contribution < 1.29 is 4.79 Å². The molecule has 3 heteroatoms. The molecule has 0 aromatic heterocycles. The summed E-state index contributed by atoms with van der Waals surface area (Å²) in [5.41, 5.74) is -0.279. The fraction of sp³-hybridized carbons (Fsp3) is 0.900. The Balaban J connectivity index is 3.71. The number of hydrogen-bond acceptors (Lipinski definition) is 1. The number of halogens is 1. The van der Waals surface area contributed by atoms with Crippen molar-refractivity contribution in [3.8, 4) is 0 Å². The number of amides is 1. The van der Waals surface area contributed by atoms with Crippen LogP contribution in [0.1, 0.15) is 40.5 Å². The standard InChI is InChI=1S/C10H20BrNO/c1-5-6-8(11)7-12-9(13)10(2,3)4/h8H,5-7H2,1-4H3,(H,12,13). The predicted octanol–water partition coefficient (Wildman–Crippen LogP) is 2.71. The van der Waals surface area contributed by atoms with Crippen LogP contribution in [0.5, 0.6) is 0 Å². The van der Waals surface area contributed by atoms with Crippen LogP contribution >= 0.6 is 15.9 Å². The van der Waals surface area contributed by atoms with E-state index in [-0.39, 0.29) is 11.3 Å². The third kappa shape index (κ3) is 6.08. The Morgan fingerprint density at radius 2 is 2.00 bits per heavy atom. The maximum Gasteiger partial charge on any atom is 0.225 e. The highest BCUT2D eigenvalue weighted by Gasteiger charge is 2.21. The average Bonchev–Trinajstić information content (AvgIpc) is 1.99. The lowest BCUT2D eigenvalue weighted by Gasteiger charge is -2.19. The molecule has 0 spiro atoms. The third-order valence-electron chi connectivity index (χ3n) is 1.77. The van der Waals surface area contributed by atoms with E-state index in [1.807, 2.05) is 20.8 Å². The van der Waals surface area contributed by atoms with Crippen LogP contribution in [0.2, 0.25) is 0 Å². The Bertz CT molecular complexity index is 163. The molecule has 0 aliphatic rings. The van der Waals surface area contributed by atoms with E-state index >= 15 is 0 Å². The summed E-state index contributed by atoms with van der Waals surface area (Å²) in [6.45, 7) is 8.63. The second-order valence-corrected chi connectivity index (χ2v) is 5.64. The lowest BCUT2D eigenvalue weighted by molar-refractivity contribution is -0.128. The first-order valence-electron chi connectivity index (χ1n) is 4.80. The highest BCUT2D eigenvalue weighted by Crippen LogP contribution is 2.13. The summed E-state index contributed by atoms with van der Waals surface area (Å²) in [5.74, 6) is 0.119. The van der Waals surface area contributed by atoms with Gasteiger partial charge in [0.05, 0.1) is 0 Å². The smallest absolute Gasteiger partial charge is 0.225 e. The Kier molecular flexibility index (Phi) is 5.61. The van der Waals surface area contributed by atoms with E-state index in [1.165, 1.54) is 0 Å². The van der Waals surface area contributed by atoms with Crippen molar-refractivity contribution in [2.45, 2.75) is 45.4 Å². The molecule has 2 nitrogen and oxygen atoms in total. The first kappa shape index (κ1) is 12.9. The molecule has 0 aromatic rings. The molecule has 0 heterocycles. The van der Waals surface area contributed by atoms with Crippen molar-refractivity contribution in [2.24, 2.45) is 5.41 Å². The summed E-state index contributed by atoms with van der Waals surface area (Å²) in [5, 5.41) is 2.92. The molecular formula is C10H20BrNO. The minimum absolute atomic E-state index is 0.119. The van der Waals surface area contributed by atoms with Crippen LogP contribution in [-0.2, 0) is 4.79 Å². The van der Waals surface area contributed by atoms with Crippen molar-refractivity contribution in [3.05, 3.63) is 0 Å². The van der Waals surface area contributed by atoms with Crippen molar-refractivity contribution >= 4 is 21.8 Å². The van der Waals surface area contributed by atoms with Gasteiger partial charge in [0.1, 0.15) is 0 Å². The predicted molar refractivity (Wildman–Crippen MR) is 60.1 cm³/mol. The van der Waals surface area contributed by atoms with Gasteiger partial charge in [-0.05, 0) is 6.42 Å². The number of nitrogens with one attached hydrogen (secondary N) is 1. The zero-order valence-corrected chi connectivity index (χ0v) is 10.6. The number of alkyl halides is 1. The maximum absolute atomic E-state index is 11.4. The molecule has 0 rings (SSSR count). The van der Waals surface area contributed by atoms with Gasteiger partial charge in [-0.1, -0.05) is 50.0 Å². The molecule has 78 valence electrons. The van der Waals surface area contributed by atoms with Gasteiger partial charge >= 0.3 is 0 Å². The van der Waals surface area contributed by atoms with Crippen LogP contribution in [0.4, 0.5) is 0 Å². The van der Waals surface area contributed by atoms with Crippen molar-refractivity contribution in [3.63, 3.8) is 0 Å². The van der Waals surface area contributed by atoms with Crippen LogP contribution < -0.4 is 5.32 Å². The molecule has 0 aliphatic heterocycles. The van der Waals surface area contributed by atoms with E-state index < -0.39 is 0 Å². The van der Waals surface area contributed by atoms with Gasteiger partial charge in [0.25, 0.3) is 0 Å². The molecule has 0 saturated heterocycles. The molecule has 13 heavy (non-hydrogen) atoms. The first-order valence-corrected chi connectivity index (χ1v) is 5.72. The van der Waals surface area contributed by atoms with E-state index in [4.69, 9.17) is 0 Å². The third-order valence-corrected chi connectivity index (χ3v) is 2.55. The minimum Gasteiger partial charge on any atom is -0.355 e. The van der Waals surface area contributed by atoms with Crippen LogP contribution in [0.3, 0.4) is 0 Å². The summed E-state index contributed by atoms with van der Waals surface area (Å²) in [4.78, 5) is 11.8. The zero-order chi connectivity index (χ0) is 10.5. The van der Waals surface area contributed by atoms with Gasteiger partial charge in [-0.3, -0.25) is 4.79 Å². The summed E-state index contributed by atoms with van der Waals surface area (Å²) in [6, 6.07) is 0. The number of carbonyl (C=O) groups is 1. The highest BCUT2D eigenvalue weighted by atomic mass is 79.9. The minimum atomic E-state index is -0.279. The fourth-order valence-corrected chi connectivity index (χ4v) is 1.50. The lowest BCUT2D eigenvalue weighted by Crippen LogP contribution is -2.37. The summed E-state index contributed by atoms with van der Waals surface area (Å²) in [7, 11) is 0. The van der Waals surface area contributed by atoms with Crippen molar-refractivity contribution in [1.29, 1.82) is 0 Å². The Hall–Kier alpha value is -0.0500. The van der Waals surface area contributed by atoms with Crippen LogP contribution in [-0.4, -0.2) is 17.3 Å². The van der Waals surface area contributed by atoms with Gasteiger partial charge < -0.3 is 5.32 Å². The number of hydrogen-bond donors (Lipinski definition) is 1. The molecule has 1 N–H and O–H groups in total. The summed E-state index contributed by atoms with van der Waals surface area (Å²) >= 11 is 3.52. The first-order chi connectivity index (χ1) is 5.88. The normalized spacial score (nSPS) is 13.9. The van der Waals surface area contributed by atoms with Gasteiger partial charge in [-0.2, -0.15) is 0 Å². The molecule has 1 amide bonds. The molecule has 1 atom stereocenters. The van der Waals surface area contributed by atoms with E-state index in [9.17, 15) is 4.79 Å². The lowest BCUT2D eigenvalue weighted by atomic mass is 9.96. The van der Waals surface area contributed by atoms with Crippen molar-refractivity contribution in [2.75, 3.05) is 6.54 Å². The largest absolute Gasteiger partial charge is 0.355 e. The number of rotatable bonds is 4. The molecule has 0 aliphatic carbocycles. The molecular weight excluding hydrogens is 230 g/mol. The van der Waals surface area contributed by atoms with Crippen molar-refractivity contribution in [1.82, 2.24) is 5.32 Å². The maximum atomic E-state index is 11.4. The highest BCUT2D eigenvalue weighted by molar-refractivity contribution is 9.09. The molecule has 0 fully saturated rings. The molecule has 0 radical (unpaired) electrons. The van der Waals surface area contributed by atoms with Crippen LogP contribution in [0.15, 0.2) is 0 Å². The molecule has 0 aromatic carbocycles. The second kappa shape index (κ2) is 5.63. The summed E-state index contributed by atoms with van der Waals surface area (Å²) in [6.07, 6.45) is 2.24. The van der Waals surface area contributed by atoms with E-state index in [2.05, 4.69) is 28.2 Å². The van der Waals surface area contributed by atoms with E-state index in [1.54, 1.807) is 0 Å². The Labute approximate surface area is 89.6 Å². The Morgan fingerprint density at radius 1 is 1.46 bits per heavy atom. The molecule has 0 bridgehead atoms. The second-order valence-electron chi connectivity index (χ2n) is 4.35. The fourth-order valence-electron chi connectivity index (χ4n) is 0.884. The van der Waals surface area contributed by atoms with E-state index in [0.29, 0.717) is 4.83 Å². The van der Waals surface area contributed by atoms with E-state index in [0.717, 1.165) is 19.4 Å². The van der Waals surface area contributed by atoms with Gasteiger partial charge in [0.15, 0.2) is 0 Å². The molecule has 1 unspecified atom stereocenters. The number of carbonyl (C=O) groups excluding carboxylic acids is 1. The average molecular weight is 250 g/mol. The topological polar surface area (TPSA) is 29.1 Å². The monoisotopic (exact) mass is 249 g/mol. The van der Waals surface area contributed by atoms with Crippen LogP contribution in [0, 0.1) is 5.41 Å². The van der Waals surface area contributed by atoms with Gasteiger partial charge in [0, 0.05) is 16.8 Å². The zero-order valence-electron chi connectivity index (χ0n) is 8.98. The van der Waals surface area contributed by atoms with Crippen LogP contribution in [0.25, 0.3) is 0 Å². The SMILES string of the molecule is CCCC(Br)CNC(=O)C(C)(C)C. The summed E-state index contributed by atoms with van der Waals surface area (Å²) < 4.78 is 0.